The molecule has 0 saturated carbocycles. The molecule has 0 radical (unpaired) electrons. The maximum Gasteiger partial charge on any atom is 0.131 e. The molecule has 3 rings (SSSR count). The van der Waals surface area contributed by atoms with Crippen LogP contribution in [0.5, 0.6) is 0 Å². The fourth-order valence-corrected chi connectivity index (χ4v) is 3.04. The van der Waals surface area contributed by atoms with E-state index < -0.39 is 0 Å². The Kier molecular flexibility index (Phi) is 4.46. The fourth-order valence-electron chi connectivity index (χ4n) is 3.04. The fraction of sp³-hybridized carbons (Fsp3) is 0.412. The lowest BCUT2D eigenvalue weighted by Gasteiger charge is -2.22. The molecule has 1 atom stereocenters. The van der Waals surface area contributed by atoms with Gasteiger partial charge in [0, 0.05) is 32.9 Å². The van der Waals surface area contributed by atoms with E-state index in [9.17, 15) is 0 Å². The number of hydrogen-bond donors (Lipinski definition) is 0. The van der Waals surface area contributed by atoms with Crippen molar-refractivity contribution in [2.24, 2.45) is 5.92 Å². The predicted molar refractivity (Wildman–Crippen MR) is 85.1 cm³/mol. The van der Waals surface area contributed by atoms with E-state index in [0.717, 1.165) is 18.9 Å². The van der Waals surface area contributed by atoms with Crippen LogP contribution in [0.1, 0.15) is 12.0 Å². The van der Waals surface area contributed by atoms with Gasteiger partial charge in [-0.15, -0.1) is 0 Å². The van der Waals surface area contributed by atoms with Gasteiger partial charge in [0.2, 0.25) is 0 Å². The van der Waals surface area contributed by atoms with Gasteiger partial charge in [-0.1, -0.05) is 30.3 Å². The predicted octanol–water partition coefficient (Wildman–Crippen LogP) is 2.43. The highest BCUT2D eigenvalue weighted by molar-refractivity contribution is 5.35. The minimum Gasteiger partial charge on any atom is -0.359 e. The molecule has 0 amide bonds. The van der Waals surface area contributed by atoms with Gasteiger partial charge in [-0.3, -0.25) is 4.90 Å². The van der Waals surface area contributed by atoms with E-state index >= 15 is 0 Å². The molecule has 1 aromatic heterocycles. The molecule has 1 fully saturated rings. The van der Waals surface area contributed by atoms with Gasteiger partial charge < -0.3 is 4.90 Å². The van der Waals surface area contributed by atoms with Crippen molar-refractivity contribution in [3.63, 3.8) is 0 Å². The van der Waals surface area contributed by atoms with Gasteiger partial charge in [0.25, 0.3) is 0 Å². The molecule has 1 saturated heterocycles. The third-order valence-electron chi connectivity index (χ3n) is 4.11. The second-order valence-electron chi connectivity index (χ2n) is 5.82. The van der Waals surface area contributed by atoms with Crippen LogP contribution in [0.2, 0.25) is 0 Å². The van der Waals surface area contributed by atoms with Gasteiger partial charge in [0.15, 0.2) is 0 Å². The van der Waals surface area contributed by atoms with E-state index in [1.54, 1.807) is 12.5 Å². The monoisotopic (exact) mass is 282 g/mol. The Bertz CT molecular complexity index is 543. The van der Waals surface area contributed by atoms with Gasteiger partial charge in [0.05, 0.1) is 0 Å². The zero-order valence-electron chi connectivity index (χ0n) is 12.5. The maximum atomic E-state index is 4.31. The number of benzene rings is 1. The summed E-state index contributed by atoms with van der Waals surface area (Å²) >= 11 is 0. The summed E-state index contributed by atoms with van der Waals surface area (Å²) in [6, 6.07) is 12.7. The maximum absolute atomic E-state index is 4.31. The summed E-state index contributed by atoms with van der Waals surface area (Å²) < 4.78 is 0. The van der Waals surface area contributed by atoms with Crippen molar-refractivity contribution in [1.29, 1.82) is 0 Å². The zero-order chi connectivity index (χ0) is 14.5. The summed E-state index contributed by atoms with van der Waals surface area (Å²) in [6.45, 7) is 4.48. The number of aromatic nitrogens is 2. The van der Waals surface area contributed by atoms with E-state index in [1.165, 1.54) is 25.1 Å². The minimum absolute atomic E-state index is 0.716. The molecule has 110 valence electrons. The van der Waals surface area contributed by atoms with Crippen LogP contribution in [0, 0.1) is 5.92 Å². The Morgan fingerprint density at radius 1 is 1.24 bits per heavy atom. The lowest BCUT2D eigenvalue weighted by atomic mass is 10.1. The lowest BCUT2D eigenvalue weighted by Crippen LogP contribution is -2.28. The Morgan fingerprint density at radius 3 is 2.86 bits per heavy atom. The van der Waals surface area contributed by atoms with Crippen LogP contribution in [-0.4, -0.2) is 41.5 Å². The quantitative estimate of drug-likeness (QED) is 0.843. The summed E-state index contributed by atoms with van der Waals surface area (Å²) in [6.07, 6.45) is 4.68. The van der Waals surface area contributed by atoms with Gasteiger partial charge >= 0.3 is 0 Å². The Balaban J connectivity index is 1.51. The lowest BCUT2D eigenvalue weighted by molar-refractivity contribution is 0.317. The number of anilines is 1. The molecular weight excluding hydrogens is 260 g/mol. The molecule has 0 aliphatic carbocycles. The highest BCUT2D eigenvalue weighted by Crippen LogP contribution is 2.20. The van der Waals surface area contributed by atoms with Gasteiger partial charge in [-0.25, -0.2) is 9.97 Å². The molecule has 2 heterocycles. The largest absolute Gasteiger partial charge is 0.359 e. The van der Waals surface area contributed by atoms with Crippen LogP contribution in [0.4, 0.5) is 5.82 Å². The summed E-state index contributed by atoms with van der Waals surface area (Å²) in [4.78, 5) is 13.1. The molecule has 0 unspecified atom stereocenters. The molecule has 4 heteroatoms. The molecule has 2 aromatic rings. The summed E-state index contributed by atoms with van der Waals surface area (Å²) in [5.74, 6) is 1.72. The number of hydrogen-bond acceptors (Lipinski definition) is 4. The normalized spacial score (nSPS) is 18.8. The van der Waals surface area contributed by atoms with Crippen LogP contribution >= 0.6 is 0 Å². The van der Waals surface area contributed by atoms with Crippen molar-refractivity contribution in [3.8, 4) is 0 Å². The molecule has 1 aliphatic rings. The minimum atomic E-state index is 0.716. The summed E-state index contributed by atoms with van der Waals surface area (Å²) in [7, 11) is 2.11. The first kappa shape index (κ1) is 14.0. The average Bonchev–Trinajstić information content (AvgIpc) is 2.96. The highest BCUT2D eigenvalue weighted by Gasteiger charge is 2.23. The third-order valence-corrected chi connectivity index (χ3v) is 4.11. The van der Waals surface area contributed by atoms with Crippen molar-refractivity contribution in [1.82, 2.24) is 14.9 Å². The second kappa shape index (κ2) is 6.68. The molecule has 0 spiro atoms. The standard InChI is InChI=1S/C17H22N4/c1-20(17-7-9-18-14-19-17)11-16-8-10-21(13-16)12-15-5-3-2-4-6-15/h2-7,9,14,16H,8,10-13H2,1H3/t16-/m0/s1. The van der Waals surface area contributed by atoms with Gasteiger partial charge in [-0.05, 0) is 30.5 Å². The number of rotatable bonds is 5. The van der Waals surface area contributed by atoms with Crippen molar-refractivity contribution in [2.45, 2.75) is 13.0 Å². The summed E-state index contributed by atoms with van der Waals surface area (Å²) in [5.41, 5.74) is 1.40. The molecule has 1 aliphatic heterocycles. The number of likely N-dealkylation sites (tertiary alicyclic amines) is 1. The Morgan fingerprint density at radius 2 is 2.10 bits per heavy atom. The average molecular weight is 282 g/mol. The molecule has 1 aromatic carbocycles. The van der Waals surface area contributed by atoms with Crippen LogP contribution in [0.25, 0.3) is 0 Å². The summed E-state index contributed by atoms with van der Waals surface area (Å²) in [5, 5.41) is 0. The number of nitrogens with zero attached hydrogens (tertiary/aromatic N) is 4. The molecule has 21 heavy (non-hydrogen) atoms. The molecular formula is C17H22N4. The molecule has 4 nitrogen and oxygen atoms in total. The first-order valence-corrected chi connectivity index (χ1v) is 7.54. The van der Waals surface area contributed by atoms with E-state index in [1.807, 2.05) is 6.07 Å². The van der Waals surface area contributed by atoms with E-state index in [0.29, 0.717) is 5.92 Å². The van der Waals surface area contributed by atoms with Crippen LogP contribution in [0.3, 0.4) is 0 Å². The first-order valence-electron chi connectivity index (χ1n) is 7.54. The Hall–Kier alpha value is -1.94. The Labute approximate surface area is 126 Å². The van der Waals surface area contributed by atoms with Crippen molar-refractivity contribution in [2.75, 3.05) is 31.6 Å². The van der Waals surface area contributed by atoms with Crippen molar-refractivity contribution in [3.05, 3.63) is 54.5 Å². The SMILES string of the molecule is CN(C[C@@H]1CCN(Cc2ccccc2)C1)c1ccncn1. The topological polar surface area (TPSA) is 32.3 Å². The van der Waals surface area contributed by atoms with Crippen molar-refractivity contribution < 1.29 is 0 Å². The van der Waals surface area contributed by atoms with Crippen LogP contribution in [0.15, 0.2) is 48.9 Å². The highest BCUT2D eigenvalue weighted by atomic mass is 15.2. The van der Waals surface area contributed by atoms with Crippen LogP contribution in [-0.2, 0) is 6.54 Å². The molecule has 0 N–H and O–H groups in total. The van der Waals surface area contributed by atoms with Crippen LogP contribution < -0.4 is 4.90 Å². The second-order valence-corrected chi connectivity index (χ2v) is 5.82. The van der Waals surface area contributed by atoms with E-state index in [4.69, 9.17) is 0 Å². The smallest absolute Gasteiger partial charge is 0.131 e. The van der Waals surface area contributed by atoms with Gasteiger partial charge in [-0.2, -0.15) is 0 Å². The zero-order valence-corrected chi connectivity index (χ0v) is 12.5. The van der Waals surface area contributed by atoms with Crippen molar-refractivity contribution >= 4 is 5.82 Å². The van der Waals surface area contributed by atoms with E-state index in [-0.39, 0.29) is 0 Å². The first-order chi connectivity index (χ1) is 10.3. The van der Waals surface area contributed by atoms with E-state index in [2.05, 4.69) is 57.1 Å². The molecule has 0 bridgehead atoms. The third kappa shape index (κ3) is 3.79. The van der Waals surface area contributed by atoms with Gasteiger partial charge in [0.1, 0.15) is 12.1 Å².